The van der Waals surface area contributed by atoms with Crippen molar-refractivity contribution in [1.29, 1.82) is 0 Å². The molecule has 3 aromatic carbocycles. The first-order chi connectivity index (χ1) is 25.0. The van der Waals surface area contributed by atoms with E-state index >= 15 is 0 Å². The van der Waals surface area contributed by atoms with Crippen molar-refractivity contribution in [1.82, 2.24) is 4.90 Å². The van der Waals surface area contributed by atoms with Crippen LogP contribution in [0.2, 0.25) is 0 Å². The molecule has 2 atom stereocenters. The van der Waals surface area contributed by atoms with Gasteiger partial charge in [-0.1, -0.05) is 54.6 Å². The van der Waals surface area contributed by atoms with E-state index in [0.717, 1.165) is 28.3 Å². The Morgan fingerprint density at radius 3 is 1.94 bits per heavy atom. The zero-order chi connectivity index (χ0) is 38.8. The molecule has 5 rings (SSSR count). The fraction of sp³-hybridized carbons (Fsp3) is 0.421. The first-order valence-corrected chi connectivity index (χ1v) is 17.3. The number of fused-ring (bicyclic) bond motifs is 3. The molecular weight excluding hydrogens is 688 g/mol. The topological polar surface area (TPSA) is 223 Å². The molecule has 2 aliphatic rings. The highest BCUT2D eigenvalue weighted by molar-refractivity contribution is 6.15. The minimum atomic E-state index is -3.03. The van der Waals surface area contributed by atoms with E-state index in [1.807, 2.05) is 48.5 Å². The highest BCUT2D eigenvalue weighted by atomic mass is 16.6. The van der Waals surface area contributed by atoms with Crippen LogP contribution < -0.4 is 5.73 Å². The van der Waals surface area contributed by atoms with Crippen LogP contribution in [0.25, 0.3) is 11.1 Å². The SMILES string of the molecule is C[C@H](N)C(=O)[C@](Cc1ccc([N+](=O)[O-])c(C2CCC([N+](=O)[O-])CC2)c1)(C(=O)O)N(C(=O)OCC1c2ccccc2-c2ccccc21)C(=O)OC(C)(C)C. The molecule has 1 saturated carbocycles. The van der Waals surface area contributed by atoms with E-state index in [-0.39, 0.29) is 58.9 Å². The highest BCUT2D eigenvalue weighted by Gasteiger charge is 2.59. The number of benzene rings is 3. The third kappa shape index (κ3) is 7.75. The number of nitrogens with zero attached hydrogens (tertiary/aromatic N) is 3. The summed E-state index contributed by atoms with van der Waals surface area (Å²) in [5, 5.41) is 34.4. The summed E-state index contributed by atoms with van der Waals surface area (Å²) in [6.45, 7) is 5.36. The first-order valence-electron chi connectivity index (χ1n) is 17.3. The van der Waals surface area contributed by atoms with Crippen LogP contribution in [-0.4, -0.2) is 73.6 Å². The molecule has 0 aliphatic heterocycles. The molecule has 2 amide bonds. The molecule has 3 N–H and O–H groups in total. The number of aliphatic carboxylic acids is 1. The number of hydrogen-bond donors (Lipinski definition) is 2. The van der Waals surface area contributed by atoms with Crippen molar-refractivity contribution in [2.24, 2.45) is 5.73 Å². The van der Waals surface area contributed by atoms with Gasteiger partial charge in [0.05, 0.1) is 11.0 Å². The molecule has 0 bridgehead atoms. The van der Waals surface area contributed by atoms with Gasteiger partial charge in [-0.15, -0.1) is 0 Å². The smallest absolute Gasteiger partial charge is 0.421 e. The number of imide groups is 1. The molecule has 1 fully saturated rings. The average Bonchev–Trinajstić information content (AvgIpc) is 3.42. The maximum absolute atomic E-state index is 14.3. The van der Waals surface area contributed by atoms with E-state index in [4.69, 9.17) is 15.2 Å². The summed E-state index contributed by atoms with van der Waals surface area (Å²) in [6.07, 6.45) is -2.94. The molecule has 3 aromatic rings. The van der Waals surface area contributed by atoms with Gasteiger partial charge in [-0.25, -0.2) is 14.4 Å². The molecule has 0 spiro atoms. The molecule has 0 radical (unpaired) electrons. The zero-order valence-corrected chi connectivity index (χ0v) is 29.9. The van der Waals surface area contributed by atoms with Crippen molar-refractivity contribution in [3.05, 3.63) is 109 Å². The average molecular weight is 731 g/mol. The number of nitro groups is 2. The largest absolute Gasteiger partial charge is 0.479 e. The number of ketones is 1. The number of hydrogen-bond acceptors (Lipinski definition) is 11. The van der Waals surface area contributed by atoms with Gasteiger partial charge in [-0.05, 0) is 80.3 Å². The van der Waals surface area contributed by atoms with Crippen LogP contribution in [0.3, 0.4) is 0 Å². The molecule has 53 heavy (non-hydrogen) atoms. The fourth-order valence-corrected chi connectivity index (χ4v) is 7.38. The molecule has 0 heterocycles. The normalized spacial score (nSPS) is 18.4. The third-order valence-corrected chi connectivity index (χ3v) is 9.83. The summed E-state index contributed by atoms with van der Waals surface area (Å²) in [6, 6.07) is 16.4. The Balaban J connectivity index is 1.58. The van der Waals surface area contributed by atoms with Crippen LogP contribution in [-0.2, 0) is 25.5 Å². The summed E-state index contributed by atoms with van der Waals surface area (Å²) in [5.41, 5.74) is 5.19. The van der Waals surface area contributed by atoms with Crippen LogP contribution in [0.15, 0.2) is 66.7 Å². The quantitative estimate of drug-likeness (QED) is 0.125. The van der Waals surface area contributed by atoms with Gasteiger partial charge < -0.3 is 20.3 Å². The van der Waals surface area contributed by atoms with E-state index in [1.54, 1.807) is 0 Å². The minimum absolute atomic E-state index is 0.0541. The number of carbonyl (C=O) groups excluding carboxylic acids is 3. The van der Waals surface area contributed by atoms with Crippen molar-refractivity contribution >= 4 is 29.6 Å². The van der Waals surface area contributed by atoms with E-state index in [2.05, 4.69) is 0 Å². The monoisotopic (exact) mass is 730 g/mol. The Kier molecular flexibility index (Phi) is 11.0. The summed E-state index contributed by atoms with van der Waals surface area (Å²) in [7, 11) is 0. The Hall–Kier alpha value is -5.70. The molecular formula is C38H42N4O11. The number of carbonyl (C=O) groups is 4. The molecule has 15 heteroatoms. The second-order valence-corrected chi connectivity index (χ2v) is 14.6. The van der Waals surface area contributed by atoms with E-state index < -0.39 is 70.3 Å². The number of Topliss-reactive ketones (excluding diaryl/α,β-unsaturated/α-hetero) is 1. The Bertz CT molecular complexity index is 1900. The summed E-state index contributed by atoms with van der Waals surface area (Å²) in [4.78, 5) is 78.6. The van der Waals surface area contributed by atoms with Gasteiger partial charge in [-0.2, -0.15) is 4.90 Å². The van der Waals surface area contributed by atoms with Crippen LogP contribution in [0.5, 0.6) is 0 Å². The van der Waals surface area contributed by atoms with Crippen molar-refractivity contribution < 1.29 is 43.6 Å². The van der Waals surface area contributed by atoms with Gasteiger partial charge in [0.25, 0.3) is 5.69 Å². The van der Waals surface area contributed by atoms with Gasteiger partial charge in [0.15, 0.2) is 5.78 Å². The van der Waals surface area contributed by atoms with E-state index in [1.165, 1.54) is 39.8 Å². The van der Waals surface area contributed by atoms with Gasteiger partial charge in [-0.3, -0.25) is 25.0 Å². The molecule has 0 saturated heterocycles. The third-order valence-electron chi connectivity index (χ3n) is 9.83. The van der Waals surface area contributed by atoms with Gasteiger partial charge >= 0.3 is 18.2 Å². The van der Waals surface area contributed by atoms with Crippen molar-refractivity contribution in [3.8, 4) is 11.1 Å². The second-order valence-electron chi connectivity index (χ2n) is 14.6. The first kappa shape index (κ1) is 38.5. The number of amides is 2. The second kappa shape index (κ2) is 15.1. The van der Waals surface area contributed by atoms with E-state index in [0.29, 0.717) is 0 Å². The van der Waals surface area contributed by atoms with Gasteiger partial charge in [0.1, 0.15) is 12.2 Å². The molecule has 0 aromatic heterocycles. The van der Waals surface area contributed by atoms with Crippen LogP contribution in [0, 0.1) is 20.2 Å². The fourth-order valence-electron chi connectivity index (χ4n) is 7.38. The van der Waals surface area contributed by atoms with Gasteiger partial charge in [0.2, 0.25) is 11.6 Å². The Morgan fingerprint density at radius 2 is 1.45 bits per heavy atom. The summed E-state index contributed by atoms with van der Waals surface area (Å²) >= 11 is 0. The molecule has 15 nitrogen and oxygen atoms in total. The number of carboxylic acids is 1. The summed E-state index contributed by atoms with van der Waals surface area (Å²) in [5.74, 6) is -4.11. The lowest BCUT2D eigenvalue weighted by Crippen LogP contribution is -2.68. The lowest BCUT2D eigenvalue weighted by Gasteiger charge is -2.39. The number of carboxylic acid groups (broad SMARTS) is 1. The molecule has 2 aliphatic carbocycles. The maximum Gasteiger partial charge on any atom is 0.421 e. The van der Waals surface area contributed by atoms with Crippen molar-refractivity contribution in [2.45, 2.75) is 94.9 Å². The number of nitrogens with two attached hydrogens (primary N) is 1. The van der Waals surface area contributed by atoms with Crippen LogP contribution in [0.1, 0.15) is 87.5 Å². The Morgan fingerprint density at radius 1 is 0.887 bits per heavy atom. The standard InChI is InChI=1S/C38H42N4O11/c1-22(39)33(43)38(34(44)45,20-23-13-18-32(42(50)51)30(19-23)24-14-16-25(17-15-24)41(48)49)40(36(47)53-37(2,3)4)35(46)52-21-31-28-11-7-5-9-26(28)27-10-6-8-12-29(27)31/h5-13,18-19,22,24-25,31H,14-17,20-21,39H2,1-4H3,(H,44,45)/t22-,24?,25?,38+/m0/s1. The Labute approximate surface area is 305 Å². The predicted octanol–water partition coefficient (Wildman–Crippen LogP) is 6.37. The zero-order valence-electron chi connectivity index (χ0n) is 29.9. The summed E-state index contributed by atoms with van der Waals surface area (Å²) < 4.78 is 11.3. The number of rotatable bonds is 11. The minimum Gasteiger partial charge on any atom is -0.479 e. The highest BCUT2D eigenvalue weighted by Crippen LogP contribution is 2.45. The van der Waals surface area contributed by atoms with Crippen LogP contribution in [0.4, 0.5) is 15.3 Å². The lowest BCUT2D eigenvalue weighted by atomic mass is 9.78. The number of nitro benzene ring substituents is 1. The van der Waals surface area contributed by atoms with E-state index in [9.17, 15) is 44.5 Å². The van der Waals surface area contributed by atoms with Crippen molar-refractivity contribution in [3.63, 3.8) is 0 Å². The molecule has 280 valence electrons. The lowest BCUT2D eigenvalue weighted by molar-refractivity contribution is -0.526. The molecule has 0 unspecified atom stereocenters. The van der Waals surface area contributed by atoms with Crippen LogP contribution >= 0.6 is 0 Å². The van der Waals surface area contributed by atoms with Gasteiger partial charge in [0, 0.05) is 41.7 Å². The maximum atomic E-state index is 14.3. The number of ether oxygens (including phenoxy) is 2. The van der Waals surface area contributed by atoms with Crippen molar-refractivity contribution in [2.75, 3.05) is 6.61 Å². The predicted molar refractivity (Wildman–Crippen MR) is 191 cm³/mol.